The molecule has 5 nitrogen and oxygen atoms in total. The van der Waals surface area contributed by atoms with E-state index in [9.17, 15) is 4.79 Å². The van der Waals surface area contributed by atoms with E-state index in [1.807, 2.05) is 4.57 Å². The molecule has 0 aliphatic heterocycles. The second-order valence-corrected chi connectivity index (χ2v) is 5.16. The lowest BCUT2D eigenvalue weighted by atomic mass is 10.4. The summed E-state index contributed by atoms with van der Waals surface area (Å²) >= 11 is 11.7. The van der Waals surface area contributed by atoms with E-state index in [2.05, 4.69) is 15.3 Å². The summed E-state index contributed by atoms with van der Waals surface area (Å²) in [6.07, 6.45) is 5.39. The van der Waals surface area contributed by atoms with Gasteiger partial charge in [-0.25, -0.2) is 9.97 Å². The van der Waals surface area contributed by atoms with E-state index in [4.69, 9.17) is 23.2 Å². The Bertz CT molecular complexity index is 636. The molecule has 0 bridgehead atoms. The minimum absolute atomic E-state index is 0.178. The Kier molecular flexibility index (Phi) is 3.16. The lowest BCUT2D eigenvalue weighted by Gasteiger charge is -2.07. The lowest BCUT2D eigenvalue weighted by Crippen LogP contribution is -2.17. The third kappa shape index (κ3) is 2.72. The van der Waals surface area contributed by atoms with Crippen LogP contribution in [0.4, 0.5) is 5.95 Å². The molecule has 1 aliphatic rings. The number of nitrogens with zero attached hydrogens (tertiary/aromatic N) is 3. The van der Waals surface area contributed by atoms with Crippen molar-refractivity contribution in [1.29, 1.82) is 0 Å². The van der Waals surface area contributed by atoms with Gasteiger partial charge >= 0.3 is 0 Å². The first-order chi connectivity index (χ1) is 9.13. The molecule has 3 rings (SSSR count). The molecule has 1 aliphatic carbocycles. The van der Waals surface area contributed by atoms with Crippen LogP contribution < -0.4 is 5.32 Å². The van der Waals surface area contributed by atoms with Crippen molar-refractivity contribution >= 4 is 35.1 Å². The second kappa shape index (κ2) is 4.83. The van der Waals surface area contributed by atoms with Crippen molar-refractivity contribution in [2.24, 2.45) is 0 Å². The predicted octanol–water partition coefficient (Wildman–Crippen LogP) is 3.17. The number of hydrogen-bond donors (Lipinski definition) is 1. The molecule has 1 N–H and O–H groups in total. The Balaban J connectivity index is 1.84. The molecule has 19 heavy (non-hydrogen) atoms. The number of nitrogens with one attached hydrogen (secondary N) is 1. The van der Waals surface area contributed by atoms with Crippen LogP contribution in [0.3, 0.4) is 0 Å². The van der Waals surface area contributed by atoms with Crippen LogP contribution in [0.2, 0.25) is 10.2 Å². The van der Waals surface area contributed by atoms with E-state index < -0.39 is 0 Å². The van der Waals surface area contributed by atoms with Gasteiger partial charge in [0.1, 0.15) is 10.8 Å². The first kappa shape index (κ1) is 12.4. The molecule has 0 spiro atoms. The average molecular weight is 297 g/mol. The maximum atomic E-state index is 12.2. The smallest absolute Gasteiger partial charge is 0.274 e. The molecular formula is C12H10Cl2N4O. The minimum Gasteiger partial charge on any atom is -0.339 e. The third-order valence-electron chi connectivity index (χ3n) is 2.84. The van der Waals surface area contributed by atoms with E-state index in [1.54, 1.807) is 18.3 Å². The number of amides is 1. The molecule has 0 unspecified atom stereocenters. The van der Waals surface area contributed by atoms with E-state index in [-0.39, 0.29) is 17.0 Å². The molecule has 0 aromatic carbocycles. The van der Waals surface area contributed by atoms with Crippen LogP contribution in [-0.4, -0.2) is 20.4 Å². The largest absolute Gasteiger partial charge is 0.339 e. The van der Waals surface area contributed by atoms with Crippen molar-refractivity contribution in [3.63, 3.8) is 0 Å². The number of hydrogen-bond acceptors (Lipinski definition) is 3. The zero-order chi connectivity index (χ0) is 13.4. The summed E-state index contributed by atoms with van der Waals surface area (Å²) in [6.45, 7) is 0. The summed E-state index contributed by atoms with van der Waals surface area (Å²) in [5.74, 6) is -0.113. The van der Waals surface area contributed by atoms with Gasteiger partial charge < -0.3 is 4.57 Å². The van der Waals surface area contributed by atoms with Crippen LogP contribution in [-0.2, 0) is 0 Å². The number of anilines is 1. The topological polar surface area (TPSA) is 59.8 Å². The maximum Gasteiger partial charge on any atom is 0.274 e. The molecule has 1 fully saturated rings. The highest BCUT2D eigenvalue weighted by Gasteiger charge is 2.28. The molecule has 2 aromatic rings. The summed E-state index contributed by atoms with van der Waals surface area (Å²) < 4.78 is 1.89. The van der Waals surface area contributed by atoms with Crippen LogP contribution in [0.25, 0.3) is 0 Å². The Morgan fingerprint density at radius 1 is 1.42 bits per heavy atom. The van der Waals surface area contributed by atoms with Gasteiger partial charge in [0.2, 0.25) is 5.95 Å². The fourth-order valence-corrected chi connectivity index (χ4v) is 2.19. The zero-order valence-corrected chi connectivity index (χ0v) is 11.3. The number of carbonyl (C=O) groups excluding carboxylic acids is 1. The van der Waals surface area contributed by atoms with Crippen LogP contribution in [0.1, 0.15) is 29.4 Å². The Morgan fingerprint density at radius 3 is 2.89 bits per heavy atom. The standard InChI is InChI=1S/C12H10Cl2N4O/c13-7-5-9(18(6-7)8-1-2-8)11(19)17-12-15-4-3-10(14)16-12/h3-6,8H,1-2H2,(H,15,16,17,19). The van der Waals surface area contributed by atoms with Crippen LogP contribution in [0, 0.1) is 0 Å². The van der Waals surface area contributed by atoms with Gasteiger partial charge in [-0.05, 0) is 25.0 Å². The minimum atomic E-state index is -0.291. The molecule has 1 amide bonds. The van der Waals surface area contributed by atoms with Crippen molar-refractivity contribution in [2.45, 2.75) is 18.9 Å². The van der Waals surface area contributed by atoms with Crippen molar-refractivity contribution < 1.29 is 4.79 Å². The fraction of sp³-hybridized carbons (Fsp3) is 0.250. The highest BCUT2D eigenvalue weighted by atomic mass is 35.5. The molecule has 0 atom stereocenters. The molecule has 2 aromatic heterocycles. The highest BCUT2D eigenvalue weighted by molar-refractivity contribution is 6.31. The van der Waals surface area contributed by atoms with Gasteiger partial charge in [-0.2, -0.15) is 0 Å². The van der Waals surface area contributed by atoms with E-state index in [0.717, 1.165) is 12.8 Å². The van der Waals surface area contributed by atoms with Crippen molar-refractivity contribution in [3.05, 3.63) is 40.4 Å². The molecular weight excluding hydrogens is 287 g/mol. The Morgan fingerprint density at radius 2 is 2.21 bits per heavy atom. The summed E-state index contributed by atoms with van der Waals surface area (Å²) in [7, 11) is 0. The number of halogens is 2. The van der Waals surface area contributed by atoms with Gasteiger partial charge in [-0.15, -0.1) is 0 Å². The first-order valence-electron chi connectivity index (χ1n) is 5.81. The molecule has 0 radical (unpaired) electrons. The van der Waals surface area contributed by atoms with Gasteiger partial charge in [0, 0.05) is 18.4 Å². The van der Waals surface area contributed by atoms with Gasteiger partial charge in [0.05, 0.1) is 5.02 Å². The van der Waals surface area contributed by atoms with Gasteiger partial charge in [0.25, 0.3) is 5.91 Å². The lowest BCUT2D eigenvalue weighted by molar-refractivity contribution is 0.101. The summed E-state index contributed by atoms with van der Waals surface area (Å²) in [5, 5.41) is 3.43. The molecule has 2 heterocycles. The molecule has 1 saturated carbocycles. The number of rotatable bonds is 3. The van der Waals surface area contributed by atoms with Crippen molar-refractivity contribution in [1.82, 2.24) is 14.5 Å². The first-order valence-corrected chi connectivity index (χ1v) is 6.56. The van der Waals surface area contributed by atoms with Crippen LogP contribution in [0.15, 0.2) is 24.5 Å². The summed E-state index contributed by atoms with van der Waals surface area (Å²) in [5.41, 5.74) is 0.510. The molecule has 98 valence electrons. The van der Waals surface area contributed by atoms with Crippen LogP contribution in [0.5, 0.6) is 0 Å². The average Bonchev–Trinajstić information content (AvgIpc) is 3.12. The predicted molar refractivity (Wildman–Crippen MR) is 72.7 cm³/mol. The summed E-state index contributed by atoms with van der Waals surface area (Å²) in [4.78, 5) is 20.0. The molecule has 7 heteroatoms. The normalized spacial score (nSPS) is 14.4. The molecule has 0 saturated heterocycles. The maximum absolute atomic E-state index is 12.2. The van der Waals surface area contributed by atoms with E-state index in [1.165, 1.54) is 6.20 Å². The monoisotopic (exact) mass is 296 g/mol. The Hall–Kier alpha value is -1.59. The highest BCUT2D eigenvalue weighted by Crippen LogP contribution is 2.37. The Labute approximate surface area is 119 Å². The summed E-state index contributed by atoms with van der Waals surface area (Å²) in [6, 6.07) is 3.55. The quantitative estimate of drug-likeness (QED) is 0.885. The van der Waals surface area contributed by atoms with Gasteiger partial charge in [0.15, 0.2) is 0 Å². The van der Waals surface area contributed by atoms with E-state index >= 15 is 0 Å². The SMILES string of the molecule is O=C(Nc1nccc(Cl)n1)c1cc(Cl)cn1C1CC1. The van der Waals surface area contributed by atoms with Crippen molar-refractivity contribution in [2.75, 3.05) is 5.32 Å². The zero-order valence-electron chi connectivity index (χ0n) is 9.81. The number of carbonyl (C=O) groups is 1. The second-order valence-electron chi connectivity index (χ2n) is 4.34. The van der Waals surface area contributed by atoms with Crippen molar-refractivity contribution in [3.8, 4) is 0 Å². The third-order valence-corrected chi connectivity index (χ3v) is 3.25. The van der Waals surface area contributed by atoms with E-state index in [0.29, 0.717) is 16.8 Å². The van der Waals surface area contributed by atoms with Crippen LogP contribution >= 0.6 is 23.2 Å². The van der Waals surface area contributed by atoms with Gasteiger partial charge in [-0.3, -0.25) is 10.1 Å². The fourth-order valence-electron chi connectivity index (χ4n) is 1.84. The number of aromatic nitrogens is 3. The van der Waals surface area contributed by atoms with Gasteiger partial charge in [-0.1, -0.05) is 23.2 Å².